The normalized spacial score (nSPS) is 10.9. The summed E-state index contributed by atoms with van der Waals surface area (Å²) >= 11 is 0. The first kappa shape index (κ1) is 13.5. The second kappa shape index (κ2) is 6.33. The van der Waals surface area contributed by atoms with Crippen LogP contribution in [0.25, 0.3) is 10.9 Å². The van der Waals surface area contributed by atoms with Gasteiger partial charge in [-0.1, -0.05) is 42.5 Å². The van der Waals surface area contributed by atoms with E-state index in [1.807, 2.05) is 42.5 Å². The molecule has 0 radical (unpaired) electrons. The van der Waals surface area contributed by atoms with Crippen molar-refractivity contribution in [2.45, 2.75) is 13.1 Å². The van der Waals surface area contributed by atoms with Crippen LogP contribution in [0.2, 0.25) is 0 Å². The van der Waals surface area contributed by atoms with Gasteiger partial charge in [0.2, 0.25) is 0 Å². The molecule has 3 rings (SSSR count). The minimum Gasteiger partial charge on any atom is -0.311 e. The van der Waals surface area contributed by atoms with Crippen molar-refractivity contribution in [2.75, 3.05) is 6.54 Å². The smallest absolute Gasteiger partial charge is 0.261 e. The Morgan fingerprint density at radius 2 is 1.76 bits per heavy atom. The third-order valence-electron chi connectivity index (χ3n) is 3.43. The molecule has 0 atom stereocenters. The van der Waals surface area contributed by atoms with Crippen molar-refractivity contribution in [2.24, 2.45) is 0 Å². The standard InChI is InChI=1S/C17H17N3O/c21-17-15-8-4-5-9-16(15)19-13-20(17)11-10-18-12-14-6-2-1-3-7-14/h1-9,13,18H,10-12H2. The molecule has 0 unspecified atom stereocenters. The molecule has 1 aromatic heterocycles. The summed E-state index contributed by atoms with van der Waals surface area (Å²) in [6.45, 7) is 2.15. The van der Waals surface area contributed by atoms with E-state index in [1.165, 1.54) is 5.56 Å². The predicted octanol–water partition coefficient (Wildman–Crippen LogP) is 2.19. The summed E-state index contributed by atoms with van der Waals surface area (Å²) in [6, 6.07) is 17.6. The van der Waals surface area contributed by atoms with E-state index in [1.54, 1.807) is 10.9 Å². The summed E-state index contributed by atoms with van der Waals surface area (Å²) in [7, 11) is 0. The van der Waals surface area contributed by atoms with Crippen LogP contribution in [0, 0.1) is 0 Å². The number of rotatable bonds is 5. The van der Waals surface area contributed by atoms with Gasteiger partial charge in [-0.25, -0.2) is 4.98 Å². The lowest BCUT2D eigenvalue weighted by atomic mass is 10.2. The van der Waals surface area contributed by atoms with Gasteiger partial charge in [-0.15, -0.1) is 0 Å². The molecular weight excluding hydrogens is 262 g/mol. The lowest BCUT2D eigenvalue weighted by molar-refractivity contribution is 0.582. The Bertz CT molecular complexity index is 781. The lowest BCUT2D eigenvalue weighted by Crippen LogP contribution is -2.27. The van der Waals surface area contributed by atoms with Crippen molar-refractivity contribution in [3.63, 3.8) is 0 Å². The quantitative estimate of drug-likeness (QED) is 0.728. The molecular formula is C17H17N3O. The average molecular weight is 279 g/mol. The van der Waals surface area contributed by atoms with Gasteiger partial charge in [0.15, 0.2) is 0 Å². The largest absolute Gasteiger partial charge is 0.311 e. The minimum absolute atomic E-state index is 0.0158. The van der Waals surface area contributed by atoms with Gasteiger partial charge >= 0.3 is 0 Å². The first-order valence-electron chi connectivity index (χ1n) is 7.03. The number of hydrogen-bond donors (Lipinski definition) is 1. The van der Waals surface area contributed by atoms with Gasteiger partial charge in [-0.3, -0.25) is 9.36 Å². The van der Waals surface area contributed by atoms with E-state index in [9.17, 15) is 4.79 Å². The zero-order valence-electron chi connectivity index (χ0n) is 11.7. The molecule has 1 N–H and O–H groups in total. The van der Waals surface area contributed by atoms with E-state index in [2.05, 4.69) is 22.4 Å². The molecule has 4 heteroatoms. The zero-order chi connectivity index (χ0) is 14.5. The Balaban J connectivity index is 1.63. The Kier molecular flexibility index (Phi) is 4.07. The Hall–Kier alpha value is -2.46. The van der Waals surface area contributed by atoms with Crippen molar-refractivity contribution >= 4 is 10.9 Å². The second-order valence-corrected chi connectivity index (χ2v) is 4.92. The molecule has 1 heterocycles. The third kappa shape index (κ3) is 3.17. The van der Waals surface area contributed by atoms with Crippen LogP contribution in [0.3, 0.4) is 0 Å². The highest BCUT2D eigenvalue weighted by atomic mass is 16.1. The first-order valence-corrected chi connectivity index (χ1v) is 7.03. The van der Waals surface area contributed by atoms with Crippen molar-refractivity contribution in [1.29, 1.82) is 0 Å². The third-order valence-corrected chi connectivity index (χ3v) is 3.43. The first-order chi connectivity index (χ1) is 10.3. The van der Waals surface area contributed by atoms with Gasteiger partial charge in [-0.05, 0) is 17.7 Å². The number of fused-ring (bicyclic) bond motifs is 1. The van der Waals surface area contributed by atoms with Crippen LogP contribution in [0.5, 0.6) is 0 Å². The molecule has 3 aromatic rings. The fraction of sp³-hybridized carbons (Fsp3) is 0.176. The van der Waals surface area contributed by atoms with Gasteiger partial charge in [0, 0.05) is 19.6 Å². The molecule has 0 aliphatic rings. The summed E-state index contributed by atoms with van der Waals surface area (Å²) in [5.41, 5.74) is 2.00. The van der Waals surface area contributed by atoms with Crippen molar-refractivity contribution in [3.05, 3.63) is 76.8 Å². The van der Waals surface area contributed by atoms with Gasteiger partial charge in [-0.2, -0.15) is 0 Å². The number of para-hydroxylation sites is 1. The van der Waals surface area contributed by atoms with Crippen molar-refractivity contribution < 1.29 is 0 Å². The lowest BCUT2D eigenvalue weighted by Gasteiger charge is -2.08. The summed E-state index contributed by atoms with van der Waals surface area (Å²) < 4.78 is 1.65. The number of hydrogen-bond acceptors (Lipinski definition) is 3. The monoisotopic (exact) mass is 279 g/mol. The van der Waals surface area contributed by atoms with Crippen LogP contribution in [-0.4, -0.2) is 16.1 Å². The van der Waals surface area contributed by atoms with Gasteiger partial charge in [0.1, 0.15) is 0 Å². The number of nitrogens with zero attached hydrogens (tertiary/aromatic N) is 2. The summed E-state index contributed by atoms with van der Waals surface area (Å²) in [4.78, 5) is 16.6. The van der Waals surface area contributed by atoms with Crippen LogP contribution in [0.15, 0.2) is 65.7 Å². The maximum atomic E-state index is 12.3. The fourth-order valence-electron chi connectivity index (χ4n) is 2.29. The van der Waals surface area contributed by atoms with Gasteiger partial charge in [0.05, 0.1) is 17.2 Å². The maximum absolute atomic E-state index is 12.3. The van der Waals surface area contributed by atoms with Crippen molar-refractivity contribution in [1.82, 2.24) is 14.9 Å². The van der Waals surface area contributed by atoms with Crippen LogP contribution < -0.4 is 10.9 Å². The average Bonchev–Trinajstić information content (AvgIpc) is 2.55. The second-order valence-electron chi connectivity index (χ2n) is 4.92. The molecule has 4 nitrogen and oxygen atoms in total. The molecule has 0 spiro atoms. The SMILES string of the molecule is O=c1c2ccccc2ncn1CCNCc1ccccc1. The summed E-state index contributed by atoms with van der Waals surface area (Å²) in [5.74, 6) is 0. The minimum atomic E-state index is 0.0158. The van der Waals surface area contributed by atoms with E-state index in [-0.39, 0.29) is 5.56 Å². The highest BCUT2D eigenvalue weighted by molar-refractivity contribution is 5.76. The highest BCUT2D eigenvalue weighted by Gasteiger charge is 2.02. The van der Waals surface area contributed by atoms with Crippen LogP contribution in [-0.2, 0) is 13.1 Å². The van der Waals surface area contributed by atoms with Gasteiger partial charge in [0.25, 0.3) is 5.56 Å². The molecule has 0 amide bonds. The van der Waals surface area contributed by atoms with E-state index >= 15 is 0 Å². The Morgan fingerprint density at radius 3 is 2.62 bits per heavy atom. The van der Waals surface area contributed by atoms with E-state index < -0.39 is 0 Å². The van der Waals surface area contributed by atoms with E-state index in [0.717, 1.165) is 18.6 Å². The molecule has 0 aliphatic heterocycles. The van der Waals surface area contributed by atoms with Crippen LogP contribution in [0.1, 0.15) is 5.56 Å². The number of benzene rings is 2. The van der Waals surface area contributed by atoms with E-state index in [4.69, 9.17) is 0 Å². The van der Waals surface area contributed by atoms with Gasteiger partial charge < -0.3 is 5.32 Å². The molecule has 21 heavy (non-hydrogen) atoms. The predicted molar refractivity (Wildman–Crippen MR) is 84.2 cm³/mol. The molecule has 0 saturated carbocycles. The highest BCUT2D eigenvalue weighted by Crippen LogP contribution is 2.04. The topological polar surface area (TPSA) is 46.9 Å². The summed E-state index contributed by atoms with van der Waals surface area (Å²) in [6.07, 6.45) is 1.62. The molecule has 106 valence electrons. The maximum Gasteiger partial charge on any atom is 0.261 e. The number of aromatic nitrogens is 2. The fourth-order valence-corrected chi connectivity index (χ4v) is 2.29. The Labute approximate surface area is 123 Å². The van der Waals surface area contributed by atoms with Crippen LogP contribution >= 0.6 is 0 Å². The van der Waals surface area contributed by atoms with E-state index in [0.29, 0.717) is 11.9 Å². The molecule has 2 aromatic carbocycles. The summed E-state index contributed by atoms with van der Waals surface area (Å²) in [5, 5.41) is 4.01. The van der Waals surface area contributed by atoms with Crippen molar-refractivity contribution in [3.8, 4) is 0 Å². The number of nitrogens with one attached hydrogen (secondary N) is 1. The van der Waals surface area contributed by atoms with Crippen LogP contribution in [0.4, 0.5) is 0 Å². The zero-order valence-corrected chi connectivity index (χ0v) is 11.7. The molecule has 0 fully saturated rings. The molecule has 0 bridgehead atoms. The molecule has 0 aliphatic carbocycles. The molecule has 0 saturated heterocycles. The Morgan fingerprint density at radius 1 is 1.00 bits per heavy atom.